The lowest BCUT2D eigenvalue weighted by atomic mass is 9.88. The number of carbonyl (C=O) groups excluding carboxylic acids is 2. The monoisotopic (exact) mass is 397 g/mol. The van der Waals surface area contributed by atoms with Crippen LogP contribution in [-0.4, -0.2) is 29.7 Å². The van der Waals surface area contributed by atoms with Gasteiger partial charge in [-0.15, -0.1) is 0 Å². The first-order valence-corrected chi connectivity index (χ1v) is 10.5. The Morgan fingerprint density at radius 2 is 2.14 bits per heavy atom. The van der Waals surface area contributed by atoms with Crippen LogP contribution >= 0.6 is 11.8 Å². The zero-order valence-corrected chi connectivity index (χ0v) is 16.4. The van der Waals surface area contributed by atoms with Gasteiger partial charge < -0.3 is 9.15 Å². The minimum Gasteiger partial charge on any atom is -0.449 e. The van der Waals surface area contributed by atoms with Gasteiger partial charge in [-0.2, -0.15) is 0 Å². The van der Waals surface area contributed by atoms with Crippen LogP contribution in [0.3, 0.4) is 0 Å². The summed E-state index contributed by atoms with van der Waals surface area (Å²) in [6, 6.07) is 7.50. The number of amidine groups is 1. The second-order valence-corrected chi connectivity index (χ2v) is 8.65. The van der Waals surface area contributed by atoms with Gasteiger partial charge in [0, 0.05) is 10.9 Å². The molecule has 0 radical (unpaired) electrons. The molecule has 1 aliphatic carbocycles. The van der Waals surface area contributed by atoms with Crippen LogP contribution in [0, 0.1) is 12.8 Å². The molecule has 2 aliphatic heterocycles. The number of aryl methyl sites for hydroxylation is 1. The van der Waals surface area contributed by atoms with Crippen molar-refractivity contribution >= 4 is 40.4 Å². The van der Waals surface area contributed by atoms with Crippen LogP contribution in [-0.2, 0) is 9.53 Å². The molecule has 1 aromatic heterocycles. The standard InChI is InChI=1S/C21H20N2O4S/c1-11-12-6-2-4-8-14(12)27-18(11)21(25)26-10-16-22-19(24)17-13-7-3-5-9-15(13)28-20(17)23-16/h2,4,6,8,17,20H,3,5,7,9-10H2,1H3,(H,22,23,24)/p+1/t17-,20+/m0/s1. The summed E-state index contributed by atoms with van der Waals surface area (Å²) in [6.45, 7) is 1.82. The van der Waals surface area contributed by atoms with Gasteiger partial charge in [0.2, 0.25) is 5.76 Å². The molecule has 0 spiro atoms. The number of ether oxygens (including phenoxy) is 1. The Balaban J connectivity index is 1.30. The first-order chi connectivity index (χ1) is 13.6. The molecule has 0 saturated carbocycles. The lowest BCUT2D eigenvalue weighted by Crippen LogP contribution is -2.87. The SMILES string of the molecule is Cc1c(C(=O)OCC2=[NH+][C@@H]3SC4=C(CCCC4)[C@H]3C(=O)N2)oc2ccccc12. The van der Waals surface area contributed by atoms with Crippen LogP contribution in [0.2, 0.25) is 0 Å². The molecule has 0 unspecified atom stereocenters. The second kappa shape index (κ2) is 6.81. The Hall–Kier alpha value is -2.54. The van der Waals surface area contributed by atoms with Crippen LogP contribution in [0.15, 0.2) is 39.2 Å². The van der Waals surface area contributed by atoms with E-state index in [0.717, 1.165) is 30.2 Å². The average Bonchev–Trinajstić information content (AvgIpc) is 3.24. The summed E-state index contributed by atoms with van der Waals surface area (Å²) in [5, 5.41) is 3.78. The van der Waals surface area contributed by atoms with Gasteiger partial charge in [-0.25, -0.2) is 14.9 Å². The van der Waals surface area contributed by atoms with Crippen molar-refractivity contribution in [3.63, 3.8) is 0 Å². The maximum Gasteiger partial charge on any atom is 0.375 e. The molecule has 3 heterocycles. The summed E-state index contributed by atoms with van der Waals surface area (Å²) in [5.41, 5.74) is 2.71. The predicted octanol–water partition coefficient (Wildman–Crippen LogP) is 2.02. The molecule has 1 amide bonds. The zero-order valence-electron chi connectivity index (χ0n) is 15.5. The van der Waals surface area contributed by atoms with E-state index in [1.807, 2.05) is 31.2 Å². The molecule has 7 heteroatoms. The van der Waals surface area contributed by atoms with Crippen molar-refractivity contribution in [2.45, 2.75) is 38.0 Å². The highest BCUT2D eigenvalue weighted by Crippen LogP contribution is 2.46. The van der Waals surface area contributed by atoms with E-state index in [1.165, 1.54) is 16.9 Å². The maximum atomic E-state index is 12.6. The van der Waals surface area contributed by atoms with Gasteiger partial charge >= 0.3 is 11.9 Å². The van der Waals surface area contributed by atoms with Gasteiger partial charge in [0.15, 0.2) is 12.0 Å². The fraction of sp³-hybridized carbons (Fsp3) is 0.381. The molecule has 0 saturated heterocycles. The average molecular weight is 397 g/mol. The number of nitrogens with one attached hydrogen (secondary N) is 2. The number of thioether (sulfide) groups is 1. The summed E-state index contributed by atoms with van der Waals surface area (Å²) in [6.07, 6.45) is 4.42. The van der Waals surface area contributed by atoms with E-state index in [9.17, 15) is 9.59 Å². The van der Waals surface area contributed by atoms with Crippen molar-refractivity contribution in [1.82, 2.24) is 5.32 Å². The third-order valence-electron chi connectivity index (χ3n) is 5.66. The van der Waals surface area contributed by atoms with Crippen LogP contribution in [0.5, 0.6) is 0 Å². The van der Waals surface area contributed by atoms with E-state index in [2.05, 4.69) is 10.3 Å². The Labute approximate surface area is 166 Å². The van der Waals surface area contributed by atoms with E-state index in [0.29, 0.717) is 11.4 Å². The number of fused-ring (bicyclic) bond motifs is 3. The number of amides is 1. The lowest BCUT2D eigenvalue weighted by Gasteiger charge is -2.20. The normalized spacial score (nSPS) is 23.9. The van der Waals surface area contributed by atoms with Crippen molar-refractivity contribution in [1.29, 1.82) is 0 Å². The summed E-state index contributed by atoms with van der Waals surface area (Å²) < 4.78 is 11.1. The molecule has 0 fully saturated rings. The fourth-order valence-corrected chi connectivity index (χ4v) is 5.84. The Kier molecular flexibility index (Phi) is 4.27. The smallest absolute Gasteiger partial charge is 0.375 e. The van der Waals surface area contributed by atoms with Gasteiger partial charge in [-0.05, 0) is 49.2 Å². The number of allylic oxidation sites excluding steroid dienone is 1. The molecule has 0 bridgehead atoms. The van der Waals surface area contributed by atoms with Crippen molar-refractivity contribution < 1.29 is 23.7 Å². The molecule has 2 atom stereocenters. The summed E-state index contributed by atoms with van der Waals surface area (Å²) in [5.74, 6) is 0.0808. The molecule has 28 heavy (non-hydrogen) atoms. The van der Waals surface area contributed by atoms with Crippen molar-refractivity contribution in [2.24, 2.45) is 5.92 Å². The fourth-order valence-electron chi connectivity index (χ4n) is 4.26. The number of benzene rings is 1. The number of hydrogen-bond donors (Lipinski definition) is 2. The quantitative estimate of drug-likeness (QED) is 0.775. The molecule has 5 rings (SSSR count). The van der Waals surface area contributed by atoms with E-state index in [-0.39, 0.29) is 29.6 Å². The van der Waals surface area contributed by atoms with Gasteiger partial charge in [-0.1, -0.05) is 30.0 Å². The third-order valence-corrected chi connectivity index (χ3v) is 7.05. The largest absolute Gasteiger partial charge is 0.449 e. The van der Waals surface area contributed by atoms with Gasteiger partial charge in [0.25, 0.3) is 5.84 Å². The molecular formula is C21H21N2O4S+. The van der Waals surface area contributed by atoms with Gasteiger partial charge in [-0.3, -0.25) is 4.99 Å². The van der Waals surface area contributed by atoms with Crippen molar-refractivity contribution in [2.75, 3.05) is 6.61 Å². The first kappa shape index (κ1) is 17.6. The van der Waals surface area contributed by atoms with E-state index in [1.54, 1.807) is 11.8 Å². The highest BCUT2D eigenvalue weighted by molar-refractivity contribution is 8.03. The van der Waals surface area contributed by atoms with Gasteiger partial charge in [0.1, 0.15) is 11.5 Å². The minimum atomic E-state index is -0.532. The van der Waals surface area contributed by atoms with E-state index < -0.39 is 5.97 Å². The first-order valence-electron chi connectivity index (χ1n) is 9.59. The number of carbonyl (C=O) groups is 2. The van der Waals surface area contributed by atoms with Crippen molar-refractivity contribution in [3.8, 4) is 0 Å². The van der Waals surface area contributed by atoms with Crippen molar-refractivity contribution in [3.05, 3.63) is 46.1 Å². The molecule has 6 nitrogen and oxygen atoms in total. The molecule has 3 aliphatic rings. The summed E-state index contributed by atoms with van der Waals surface area (Å²) in [4.78, 5) is 29.9. The van der Waals surface area contributed by atoms with Gasteiger partial charge in [0.05, 0.1) is 0 Å². The topological polar surface area (TPSA) is 82.5 Å². The zero-order chi connectivity index (χ0) is 19.3. The number of furan rings is 1. The predicted molar refractivity (Wildman–Crippen MR) is 106 cm³/mol. The highest BCUT2D eigenvalue weighted by Gasteiger charge is 2.47. The number of para-hydroxylation sites is 1. The van der Waals surface area contributed by atoms with E-state index >= 15 is 0 Å². The molecule has 2 aromatic rings. The van der Waals surface area contributed by atoms with Crippen LogP contribution < -0.4 is 10.3 Å². The molecular weight excluding hydrogens is 376 g/mol. The van der Waals surface area contributed by atoms with Crippen LogP contribution in [0.1, 0.15) is 41.8 Å². The van der Waals surface area contributed by atoms with Crippen LogP contribution in [0.4, 0.5) is 0 Å². The third kappa shape index (κ3) is 2.85. The number of hydrogen-bond acceptors (Lipinski definition) is 5. The maximum absolute atomic E-state index is 12.6. The summed E-state index contributed by atoms with van der Waals surface area (Å²) in [7, 11) is 0. The Morgan fingerprint density at radius 1 is 1.32 bits per heavy atom. The van der Waals surface area contributed by atoms with E-state index in [4.69, 9.17) is 9.15 Å². The Bertz CT molecular complexity index is 1050. The Morgan fingerprint density at radius 3 is 3.00 bits per heavy atom. The molecule has 1 aromatic carbocycles. The highest BCUT2D eigenvalue weighted by atomic mass is 32.2. The number of rotatable bonds is 3. The molecule has 2 N–H and O–H groups in total. The molecule has 144 valence electrons. The second-order valence-electron chi connectivity index (χ2n) is 7.41. The number of esters is 1. The van der Waals surface area contributed by atoms with Crippen LogP contribution in [0.25, 0.3) is 11.0 Å². The summed E-state index contributed by atoms with van der Waals surface area (Å²) >= 11 is 1.75. The lowest BCUT2D eigenvalue weighted by molar-refractivity contribution is -0.485. The minimum absolute atomic E-state index is 0.00140.